The molecule has 0 bridgehead atoms. The zero-order valence-electron chi connectivity index (χ0n) is 13.5. The molecule has 2 aliphatic heterocycles. The third-order valence-corrected chi connectivity index (χ3v) is 5.66. The van der Waals surface area contributed by atoms with Crippen molar-refractivity contribution >= 4 is 11.3 Å². The predicted molar refractivity (Wildman–Crippen MR) is 90.7 cm³/mol. The topological polar surface area (TPSA) is 34.6 Å². The van der Waals surface area contributed by atoms with E-state index in [9.17, 15) is 4.39 Å². The lowest BCUT2D eigenvalue weighted by atomic mass is 9.88. The van der Waals surface area contributed by atoms with Gasteiger partial charge >= 0.3 is 0 Å². The third kappa shape index (κ3) is 3.45. The summed E-state index contributed by atoms with van der Waals surface area (Å²) in [5, 5.41) is 4.33. The minimum absolute atomic E-state index is 0.0815. The van der Waals surface area contributed by atoms with Gasteiger partial charge in [0.05, 0.1) is 12.2 Å². The summed E-state index contributed by atoms with van der Waals surface area (Å²) in [4.78, 5) is 6.44. The zero-order valence-corrected chi connectivity index (χ0v) is 14.3. The van der Waals surface area contributed by atoms with E-state index in [4.69, 9.17) is 9.47 Å². The molecule has 0 amide bonds. The molecule has 128 valence electrons. The van der Waals surface area contributed by atoms with Crippen LogP contribution < -0.4 is 4.74 Å². The second-order valence-corrected chi connectivity index (χ2v) is 7.42. The van der Waals surface area contributed by atoms with Crippen molar-refractivity contribution in [3.05, 3.63) is 46.5 Å². The summed E-state index contributed by atoms with van der Waals surface area (Å²) in [6.07, 6.45) is 4.25. The number of hydrogen-bond acceptors (Lipinski definition) is 5. The summed E-state index contributed by atoms with van der Waals surface area (Å²) < 4.78 is 25.5. The van der Waals surface area contributed by atoms with Crippen LogP contribution in [0, 0.1) is 5.82 Å². The lowest BCUT2D eigenvalue weighted by Crippen LogP contribution is -2.44. The van der Waals surface area contributed by atoms with Gasteiger partial charge in [0, 0.05) is 32.3 Å². The molecule has 0 N–H and O–H groups in total. The molecular formula is C18H21FN2O2S. The van der Waals surface area contributed by atoms with Crippen molar-refractivity contribution < 1.29 is 13.9 Å². The number of piperidine rings is 1. The second kappa shape index (κ2) is 6.78. The highest BCUT2D eigenvalue weighted by Crippen LogP contribution is 2.37. The Bertz CT molecular complexity index is 671. The smallest absolute Gasteiger partial charge is 0.250 e. The molecule has 0 aliphatic carbocycles. The Kier molecular flexibility index (Phi) is 4.52. The average molecular weight is 348 g/mol. The van der Waals surface area contributed by atoms with Crippen LogP contribution >= 0.6 is 11.3 Å². The molecule has 2 aromatic rings. The molecule has 2 fully saturated rings. The number of halogens is 1. The van der Waals surface area contributed by atoms with E-state index in [1.807, 2.05) is 0 Å². The molecule has 4 nitrogen and oxygen atoms in total. The number of pyridine rings is 1. The number of aromatic nitrogens is 1. The van der Waals surface area contributed by atoms with Crippen LogP contribution in [0.1, 0.15) is 24.8 Å². The van der Waals surface area contributed by atoms with Crippen LogP contribution in [0.4, 0.5) is 4.39 Å². The molecule has 4 heterocycles. The number of likely N-dealkylation sites (tertiary alicyclic amines) is 1. The van der Waals surface area contributed by atoms with E-state index < -0.39 is 5.82 Å². The number of ether oxygens (including phenoxy) is 2. The molecule has 1 spiro atoms. The van der Waals surface area contributed by atoms with Crippen molar-refractivity contribution in [2.75, 3.05) is 19.7 Å². The maximum Gasteiger partial charge on any atom is 0.250 e. The summed E-state index contributed by atoms with van der Waals surface area (Å²) in [5.41, 5.74) is 1.27. The molecule has 0 aromatic carbocycles. The van der Waals surface area contributed by atoms with Gasteiger partial charge in [0.25, 0.3) is 5.88 Å². The number of nitrogens with zero attached hydrogens (tertiary/aromatic N) is 2. The van der Waals surface area contributed by atoms with Gasteiger partial charge in [-0.2, -0.15) is 11.3 Å². The first-order valence-electron chi connectivity index (χ1n) is 8.37. The van der Waals surface area contributed by atoms with E-state index in [1.54, 1.807) is 23.6 Å². The number of rotatable bonds is 4. The Hall–Kier alpha value is -1.50. The Balaban J connectivity index is 1.31. The molecule has 2 aliphatic rings. The minimum Gasteiger partial charge on any atom is -0.470 e. The van der Waals surface area contributed by atoms with E-state index in [0.29, 0.717) is 6.61 Å². The molecule has 24 heavy (non-hydrogen) atoms. The lowest BCUT2D eigenvalue weighted by molar-refractivity contribution is -0.0455. The van der Waals surface area contributed by atoms with Gasteiger partial charge in [-0.15, -0.1) is 0 Å². The fraction of sp³-hybridized carbons (Fsp3) is 0.500. The monoisotopic (exact) mass is 348 g/mol. The van der Waals surface area contributed by atoms with E-state index in [-0.39, 0.29) is 17.6 Å². The number of hydrogen-bond donors (Lipinski definition) is 0. The molecule has 6 heteroatoms. The van der Waals surface area contributed by atoms with Gasteiger partial charge in [-0.3, -0.25) is 4.90 Å². The van der Waals surface area contributed by atoms with Crippen molar-refractivity contribution in [1.29, 1.82) is 0 Å². The van der Waals surface area contributed by atoms with Gasteiger partial charge in [-0.1, -0.05) is 0 Å². The van der Waals surface area contributed by atoms with E-state index in [0.717, 1.165) is 38.9 Å². The van der Waals surface area contributed by atoms with Crippen molar-refractivity contribution in [2.45, 2.75) is 37.5 Å². The number of thiophene rings is 1. The standard InChI is InChI=1S/C18H21FN2O2S/c19-16-2-1-6-20-17(16)23-15-10-18(22-12-15)4-7-21(8-5-18)11-14-3-9-24-13-14/h1-3,6,9,13,15H,4-5,7-8,10-12H2/t15-/m0/s1. The molecular weight excluding hydrogens is 327 g/mol. The molecule has 0 saturated carbocycles. The highest BCUT2D eigenvalue weighted by molar-refractivity contribution is 7.07. The molecule has 2 aromatic heterocycles. The normalized spacial score (nSPS) is 23.6. The highest BCUT2D eigenvalue weighted by Gasteiger charge is 2.43. The van der Waals surface area contributed by atoms with Crippen LogP contribution in [0.3, 0.4) is 0 Å². The molecule has 0 unspecified atom stereocenters. The van der Waals surface area contributed by atoms with Crippen LogP contribution in [0.5, 0.6) is 5.88 Å². The van der Waals surface area contributed by atoms with Crippen LogP contribution in [0.15, 0.2) is 35.2 Å². The summed E-state index contributed by atoms with van der Waals surface area (Å²) >= 11 is 1.74. The molecule has 4 rings (SSSR count). The van der Waals surface area contributed by atoms with Gasteiger partial charge in [0.1, 0.15) is 6.10 Å². The van der Waals surface area contributed by atoms with Crippen LogP contribution in [0.2, 0.25) is 0 Å². The zero-order chi connectivity index (χ0) is 16.4. The first-order chi connectivity index (χ1) is 11.7. The maximum atomic E-state index is 13.7. The summed E-state index contributed by atoms with van der Waals surface area (Å²) in [6.45, 7) is 3.58. The van der Waals surface area contributed by atoms with Gasteiger partial charge in [-0.05, 0) is 47.4 Å². The van der Waals surface area contributed by atoms with Crippen LogP contribution in [-0.4, -0.2) is 41.3 Å². The molecule has 0 radical (unpaired) electrons. The highest BCUT2D eigenvalue weighted by atomic mass is 32.1. The van der Waals surface area contributed by atoms with Gasteiger partial charge in [0.15, 0.2) is 5.82 Å². The van der Waals surface area contributed by atoms with Gasteiger partial charge < -0.3 is 9.47 Å². The van der Waals surface area contributed by atoms with E-state index in [2.05, 4.69) is 26.7 Å². The van der Waals surface area contributed by atoms with Gasteiger partial charge in [0.2, 0.25) is 0 Å². The third-order valence-electron chi connectivity index (χ3n) is 4.93. The van der Waals surface area contributed by atoms with Crippen molar-refractivity contribution in [3.8, 4) is 5.88 Å². The fourth-order valence-corrected chi connectivity index (χ4v) is 4.26. The Morgan fingerprint density at radius 3 is 3.00 bits per heavy atom. The SMILES string of the molecule is Fc1cccnc1O[C@@H]1COC2(CCN(Cc3ccsc3)CC2)C1. The van der Waals surface area contributed by atoms with E-state index in [1.165, 1.54) is 11.6 Å². The van der Waals surface area contributed by atoms with Crippen molar-refractivity contribution in [3.63, 3.8) is 0 Å². The Morgan fingerprint density at radius 1 is 1.38 bits per heavy atom. The van der Waals surface area contributed by atoms with Crippen molar-refractivity contribution in [2.24, 2.45) is 0 Å². The lowest BCUT2D eigenvalue weighted by Gasteiger charge is -2.38. The predicted octanol–water partition coefficient (Wildman–Crippen LogP) is 3.48. The van der Waals surface area contributed by atoms with Crippen LogP contribution in [0.25, 0.3) is 0 Å². The van der Waals surface area contributed by atoms with Gasteiger partial charge in [-0.25, -0.2) is 9.37 Å². The summed E-state index contributed by atoms with van der Waals surface area (Å²) in [6, 6.07) is 5.13. The average Bonchev–Trinajstić information content (AvgIpc) is 3.23. The second-order valence-electron chi connectivity index (χ2n) is 6.64. The minimum atomic E-state index is -0.413. The van der Waals surface area contributed by atoms with Crippen molar-refractivity contribution in [1.82, 2.24) is 9.88 Å². The summed E-state index contributed by atoms with van der Waals surface area (Å²) in [5.74, 6) is -0.331. The molecule has 2 saturated heterocycles. The Labute approximate surface area is 145 Å². The van der Waals surface area contributed by atoms with E-state index >= 15 is 0 Å². The first kappa shape index (κ1) is 16.0. The first-order valence-corrected chi connectivity index (χ1v) is 9.31. The summed E-state index contributed by atoms with van der Waals surface area (Å²) in [7, 11) is 0. The Morgan fingerprint density at radius 2 is 2.25 bits per heavy atom. The largest absolute Gasteiger partial charge is 0.470 e. The fourth-order valence-electron chi connectivity index (χ4n) is 3.60. The molecule has 1 atom stereocenters. The van der Waals surface area contributed by atoms with Crippen LogP contribution in [-0.2, 0) is 11.3 Å². The maximum absolute atomic E-state index is 13.7. The quantitative estimate of drug-likeness (QED) is 0.847.